The summed E-state index contributed by atoms with van der Waals surface area (Å²) in [6.45, 7) is 0.511. The molecule has 0 bridgehead atoms. The summed E-state index contributed by atoms with van der Waals surface area (Å²) in [5.41, 5.74) is 1.63. The summed E-state index contributed by atoms with van der Waals surface area (Å²) in [5.74, 6) is 0.609. The first kappa shape index (κ1) is 18.3. The van der Waals surface area contributed by atoms with Gasteiger partial charge in [-0.15, -0.1) is 0 Å². The Morgan fingerprint density at radius 3 is 2.35 bits per heavy atom. The van der Waals surface area contributed by atoms with Crippen LogP contribution in [0.3, 0.4) is 0 Å². The third kappa shape index (κ3) is 5.00. The average Bonchev–Trinajstić information content (AvgIpc) is 2.63. The minimum absolute atomic E-state index is 0.150. The summed E-state index contributed by atoms with van der Waals surface area (Å²) in [7, 11) is -3.67. The van der Waals surface area contributed by atoms with E-state index in [0.717, 1.165) is 6.42 Å². The second kappa shape index (κ2) is 8.25. The molecule has 0 aliphatic carbocycles. The van der Waals surface area contributed by atoms with E-state index in [1.807, 2.05) is 30.3 Å². The van der Waals surface area contributed by atoms with E-state index in [-0.39, 0.29) is 4.90 Å². The largest absolute Gasteiger partial charge is 0.493 e. The first-order chi connectivity index (χ1) is 12.5. The molecule has 0 heterocycles. The molecule has 3 rings (SSSR count). The molecule has 0 radical (unpaired) electrons. The van der Waals surface area contributed by atoms with Crippen molar-refractivity contribution in [3.63, 3.8) is 0 Å². The maximum atomic E-state index is 12.4. The summed E-state index contributed by atoms with van der Waals surface area (Å²) in [6, 6.07) is 22.9. The van der Waals surface area contributed by atoms with E-state index in [1.54, 1.807) is 36.4 Å². The standard InChI is InChI=1S/C20H18ClNO3S/c21-17-9-11-20(12-10-17)26(23,24)22-18-7-4-8-19(15-18)25-14-13-16-5-2-1-3-6-16/h1-12,15,22H,13-14H2. The number of nitrogens with one attached hydrogen (secondary N) is 1. The van der Waals surface area contributed by atoms with Crippen LogP contribution in [0.2, 0.25) is 5.02 Å². The molecule has 6 heteroatoms. The molecule has 0 amide bonds. The Labute approximate surface area is 158 Å². The molecule has 3 aromatic carbocycles. The lowest BCUT2D eigenvalue weighted by Crippen LogP contribution is -2.13. The lowest BCUT2D eigenvalue weighted by atomic mass is 10.2. The van der Waals surface area contributed by atoms with Crippen LogP contribution in [0.25, 0.3) is 0 Å². The summed E-state index contributed by atoms with van der Waals surface area (Å²) in [6.07, 6.45) is 0.779. The van der Waals surface area contributed by atoms with E-state index in [4.69, 9.17) is 16.3 Å². The van der Waals surface area contributed by atoms with Crippen LogP contribution in [0, 0.1) is 0 Å². The number of anilines is 1. The fraction of sp³-hybridized carbons (Fsp3) is 0.100. The normalized spacial score (nSPS) is 11.1. The Hall–Kier alpha value is -2.50. The Bertz CT molecular complexity index is 958. The Balaban J connectivity index is 1.64. The zero-order valence-corrected chi connectivity index (χ0v) is 15.5. The van der Waals surface area contributed by atoms with Crippen molar-refractivity contribution in [2.24, 2.45) is 0 Å². The van der Waals surface area contributed by atoms with Gasteiger partial charge in [-0.05, 0) is 42.0 Å². The van der Waals surface area contributed by atoms with Crippen molar-refractivity contribution in [3.8, 4) is 5.75 Å². The molecule has 26 heavy (non-hydrogen) atoms. The molecule has 4 nitrogen and oxygen atoms in total. The highest BCUT2D eigenvalue weighted by atomic mass is 35.5. The van der Waals surface area contributed by atoms with E-state index in [0.29, 0.717) is 23.1 Å². The molecule has 0 atom stereocenters. The van der Waals surface area contributed by atoms with Crippen LogP contribution in [0.1, 0.15) is 5.56 Å². The van der Waals surface area contributed by atoms with Gasteiger partial charge < -0.3 is 4.74 Å². The summed E-state index contributed by atoms with van der Waals surface area (Å²) in [5, 5.41) is 0.484. The van der Waals surface area contributed by atoms with Crippen molar-refractivity contribution in [2.75, 3.05) is 11.3 Å². The van der Waals surface area contributed by atoms with Gasteiger partial charge in [0.1, 0.15) is 5.75 Å². The molecule has 0 spiro atoms. The quantitative estimate of drug-likeness (QED) is 0.635. The van der Waals surface area contributed by atoms with E-state index in [2.05, 4.69) is 4.72 Å². The van der Waals surface area contributed by atoms with Crippen molar-refractivity contribution in [3.05, 3.63) is 89.4 Å². The lowest BCUT2D eigenvalue weighted by molar-refractivity contribution is 0.322. The van der Waals surface area contributed by atoms with Crippen LogP contribution in [-0.2, 0) is 16.4 Å². The molecule has 0 saturated heterocycles. The van der Waals surface area contributed by atoms with Gasteiger partial charge in [0, 0.05) is 17.5 Å². The highest BCUT2D eigenvalue weighted by Gasteiger charge is 2.14. The van der Waals surface area contributed by atoms with Gasteiger partial charge in [-0.2, -0.15) is 0 Å². The Kier molecular flexibility index (Phi) is 5.81. The predicted molar refractivity (Wildman–Crippen MR) is 104 cm³/mol. The second-order valence-corrected chi connectivity index (χ2v) is 7.79. The van der Waals surface area contributed by atoms with Crippen molar-refractivity contribution in [1.82, 2.24) is 0 Å². The molecule has 0 unspecified atom stereocenters. The van der Waals surface area contributed by atoms with Crippen LogP contribution in [-0.4, -0.2) is 15.0 Å². The number of rotatable bonds is 7. The summed E-state index contributed by atoms with van der Waals surface area (Å²) < 4.78 is 33.1. The first-order valence-corrected chi connectivity index (χ1v) is 9.94. The summed E-state index contributed by atoms with van der Waals surface area (Å²) >= 11 is 5.80. The van der Waals surface area contributed by atoms with Gasteiger partial charge in [0.25, 0.3) is 10.0 Å². The first-order valence-electron chi connectivity index (χ1n) is 8.08. The minimum atomic E-state index is -3.67. The van der Waals surface area contributed by atoms with Crippen LogP contribution in [0.5, 0.6) is 5.75 Å². The number of benzene rings is 3. The lowest BCUT2D eigenvalue weighted by Gasteiger charge is -2.11. The zero-order valence-electron chi connectivity index (χ0n) is 13.9. The number of hydrogen-bond acceptors (Lipinski definition) is 3. The van der Waals surface area contributed by atoms with Crippen LogP contribution < -0.4 is 9.46 Å². The fourth-order valence-electron chi connectivity index (χ4n) is 2.41. The SMILES string of the molecule is O=S(=O)(Nc1cccc(OCCc2ccccc2)c1)c1ccc(Cl)cc1. The summed E-state index contributed by atoms with van der Waals surface area (Å²) in [4.78, 5) is 0.150. The van der Waals surface area contributed by atoms with E-state index >= 15 is 0 Å². The number of sulfonamides is 1. The van der Waals surface area contributed by atoms with E-state index < -0.39 is 10.0 Å². The van der Waals surface area contributed by atoms with Gasteiger partial charge in [0.2, 0.25) is 0 Å². The molecule has 1 N–H and O–H groups in total. The molecular weight excluding hydrogens is 370 g/mol. The van der Waals surface area contributed by atoms with Crippen LogP contribution in [0.4, 0.5) is 5.69 Å². The maximum absolute atomic E-state index is 12.4. The Morgan fingerprint density at radius 2 is 1.62 bits per heavy atom. The van der Waals surface area contributed by atoms with Crippen molar-refractivity contribution in [2.45, 2.75) is 11.3 Å². The third-order valence-corrected chi connectivity index (χ3v) is 5.36. The highest BCUT2D eigenvalue weighted by molar-refractivity contribution is 7.92. The minimum Gasteiger partial charge on any atom is -0.493 e. The third-order valence-electron chi connectivity index (χ3n) is 3.71. The molecular formula is C20H18ClNO3S. The molecule has 134 valence electrons. The average molecular weight is 388 g/mol. The maximum Gasteiger partial charge on any atom is 0.261 e. The van der Waals surface area contributed by atoms with Gasteiger partial charge >= 0.3 is 0 Å². The number of ether oxygens (including phenoxy) is 1. The van der Waals surface area contributed by atoms with Crippen molar-refractivity contribution < 1.29 is 13.2 Å². The van der Waals surface area contributed by atoms with Crippen molar-refractivity contribution >= 4 is 27.3 Å². The van der Waals surface area contributed by atoms with Gasteiger partial charge in [0.15, 0.2) is 0 Å². The topological polar surface area (TPSA) is 55.4 Å². The van der Waals surface area contributed by atoms with Gasteiger partial charge in [-0.25, -0.2) is 8.42 Å². The number of hydrogen-bond donors (Lipinski definition) is 1. The molecule has 0 aromatic heterocycles. The number of halogens is 1. The smallest absolute Gasteiger partial charge is 0.261 e. The fourth-order valence-corrected chi connectivity index (χ4v) is 3.58. The Morgan fingerprint density at radius 1 is 0.885 bits per heavy atom. The second-order valence-electron chi connectivity index (χ2n) is 5.67. The molecule has 0 aliphatic heterocycles. The molecule has 0 aliphatic rings. The van der Waals surface area contributed by atoms with Gasteiger partial charge in [0.05, 0.1) is 17.2 Å². The molecule has 0 fully saturated rings. The van der Waals surface area contributed by atoms with Crippen LogP contribution in [0.15, 0.2) is 83.8 Å². The van der Waals surface area contributed by atoms with Crippen LogP contribution >= 0.6 is 11.6 Å². The van der Waals surface area contributed by atoms with E-state index in [1.165, 1.54) is 17.7 Å². The van der Waals surface area contributed by atoms with Crippen molar-refractivity contribution in [1.29, 1.82) is 0 Å². The zero-order chi connectivity index (χ0) is 18.4. The van der Waals surface area contributed by atoms with Gasteiger partial charge in [-0.1, -0.05) is 48.0 Å². The van der Waals surface area contributed by atoms with Gasteiger partial charge in [-0.3, -0.25) is 4.72 Å². The predicted octanol–water partition coefficient (Wildman–Crippen LogP) is 4.76. The molecule has 0 saturated carbocycles. The molecule has 3 aromatic rings. The highest BCUT2D eigenvalue weighted by Crippen LogP contribution is 2.22. The van der Waals surface area contributed by atoms with E-state index in [9.17, 15) is 8.42 Å². The monoisotopic (exact) mass is 387 g/mol.